The van der Waals surface area contributed by atoms with E-state index >= 15 is 0 Å². The van der Waals surface area contributed by atoms with Gasteiger partial charge in [0, 0.05) is 25.7 Å². The number of hydrogen-bond donors (Lipinski definition) is 1. The van der Waals surface area contributed by atoms with Crippen molar-refractivity contribution >= 4 is 15.9 Å². The Balaban J connectivity index is 1.54. The lowest BCUT2D eigenvalue weighted by Crippen LogP contribution is -2.36. The summed E-state index contributed by atoms with van der Waals surface area (Å²) >= 11 is 0. The molecule has 1 N–H and O–H groups in total. The number of furan rings is 1. The van der Waals surface area contributed by atoms with E-state index in [1.165, 1.54) is 4.31 Å². The molecule has 3 heterocycles. The Morgan fingerprint density at radius 1 is 1.18 bits per heavy atom. The van der Waals surface area contributed by atoms with E-state index in [1.54, 1.807) is 29.1 Å². The molecule has 1 amide bonds. The third-order valence-electron chi connectivity index (χ3n) is 4.57. The second-order valence-corrected chi connectivity index (χ2v) is 8.55. The molecule has 1 aliphatic rings. The summed E-state index contributed by atoms with van der Waals surface area (Å²) in [6, 6.07) is 14.5. The molecule has 0 atom stereocenters. The van der Waals surface area contributed by atoms with Gasteiger partial charge in [-0.05, 0) is 30.7 Å². The number of sulfonamides is 1. The zero-order valence-corrected chi connectivity index (χ0v) is 15.9. The van der Waals surface area contributed by atoms with Crippen LogP contribution in [0.4, 0.5) is 0 Å². The Kier molecular flexibility index (Phi) is 5.01. The molecular formula is C19H20N4O4S. The molecule has 1 aromatic carbocycles. The molecular weight excluding hydrogens is 380 g/mol. The van der Waals surface area contributed by atoms with E-state index in [1.807, 2.05) is 30.3 Å². The van der Waals surface area contributed by atoms with E-state index in [0.717, 1.165) is 5.69 Å². The first-order valence-electron chi connectivity index (χ1n) is 9.00. The molecule has 28 heavy (non-hydrogen) atoms. The summed E-state index contributed by atoms with van der Waals surface area (Å²) in [6.45, 7) is 0.996. The molecule has 1 fully saturated rings. The van der Waals surface area contributed by atoms with Crippen molar-refractivity contribution in [2.24, 2.45) is 0 Å². The van der Waals surface area contributed by atoms with Gasteiger partial charge >= 0.3 is 0 Å². The monoisotopic (exact) mass is 400 g/mol. The normalized spacial score (nSPS) is 16.3. The number of carbonyl (C=O) groups excluding carboxylic acids is 1. The molecule has 8 nitrogen and oxygen atoms in total. The number of nitrogens with one attached hydrogen (secondary N) is 1. The summed E-state index contributed by atoms with van der Waals surface area (Å²) in [4.78, 5) is 12.8. The SMILES string of the molecule is O=C(NCCN1CCCS1(=O)=O)c1cc(-c2ccco2)nn1-c1ccccc1. The summed E-state index contributed by atoms with van der Waals surface area (Å²) in [7, 11) is -3.17. The molecule has 4 rings (SSSR count). The number of para-hydroxylation sites is 1. The van der Waals surface area contributed by atoms with Crippen LogP contribution in [-0.4, -0.2) is 53.8 Å². The summed E-state index contributed by atoms with van der Waals surface area (Å²) in [5, 5.41) is 7.30. The van der Waals surface area contributed by atoms with E-state index in [4.69, 9.17) is 4.42 Å². The van der Waals surface area contributed by atoms with Gasteiger partial charge in [-0.25, -0.2) is 17.4 Å². The van der Waals surface area contributed by atoms with Crippen LogP contribution in [0.5, 0.6) is 0 Å². The van der Waals surface area contributed by atoms with E-state index in [-0.39, 0.29) is 24.7 Å². The molecule has 1 aliphatic heterocycles. The Labute approximate surface area is 162 Å². The summed E-state index contributed by atoms with van der Waals surface area (Å²) in [5.74, 6) is 0.409. The van der Waals surface area contributed by atoms with Crippen LogP contribution in [0.2, 0.25) is 0 Å². The smallest absolute Gasteiger partial charge is 0.270 e. The van der Waals surface area contributed by atoms with Crippen molar-refractivity contribution in [1.82, 2.24) is 19.4 Å². The first kappa shape index (κ1) is 18.5. The van der Waals surface area contributed by atoms with E-state index in [0.29, 0.717) is 30.1 Å². The maximum absolute atomic E-state index is 12.8. The number of benzene rings is 1. The molecule has 0 unspecified atom stereocenters. The predicted molar refractivity (Wildman–Crippen MR) is 104 cm³/mol. The van der Waals surface area contributed by atoms with Gasteiger partial charge in [-0.3, -0.25) is 4.79 Å². The van der Waals surface area contributed by atoms with Gasteiger partial charge in [0.15, 0.2) is 5.76 Å². The van der Waals surface area contributed by atoms with Gasteiger partial charge in [0.25, 0.3) is 5.91 Å². The average Bonchev–Trinajstić information content (AvgIpc) is 3.42. The Bertz CT molecular complexity index is 1060. The Morgan fingerprint density at radius 2 is 2.00 bits per heavy atom. The highest BCUT2D eigenvalue weighted by Crippen LogP contribution is 2.22. The number of aromatic nitrogens is 2. The molecule has 3 aromatic rings. The van der Waals surface area contributed by atoms with E-state index in [9.17, 15) is 13.2 Å². The lowest BCUT2D eigenvalue weighted by atomic mass is 10.2. The standard InChI is InChI=1S/C19H20N4O4S/c24-19(20-9-11-22-10-5-13-28(22,25)26)17-14-16(18-8-4-12-27-18)21-23(17)15-6-2-1-3-7-15/h1-4,6-8,12,14H,5,9-11,13H2,(H,20,24). The minimum absolute atomic E-state index is 0.175. The minimum atomic E-state index is -3.17. The first-order valence-corrected chi connectivity index (χ1v) is 10.6. The highest BCUT2D eigenvalue weighted by molar-refractivity contribution is 7.89. The highest BCUT2D eigenvalue weighted by Gasteiger charge is 2.27. The lowest BCUT2D eigenvalue weighted by Gasteiger charge is -2.14. The fraction of sp³-hybridized carbons (Fsp3) is 0.263. The van der Waals surface area contributed by atoms with Crippen molar-refractivity contribution in [3.8, 4) is 17.1 Å². The third kappa shape index (κ3) is 3.71. The van der Waals surface area contributed by atoms with E-state index in [2.05, 4.69) is 10.4 Å². The fourth-order valence-electron chi connectivity index (χ4n) is 3.18. The third-order valence-corrected chi connectivity index (χ3v) is 6.52. The quantitative estimate of drug-likeness (QED) is 0.682. The van der Waals surface area contributed by atoms with Crippen LogP contribution in [-0.2, 0) is 10.0 Å². The maximum Gasteiger partial charge on any atom is 0.270 e. The van der Waals surface area contributed by atoms with Crippen molar-refractivity contribution in [2.75, 3.05) is 25.4 Å². The Hall–Kier alpha value is -2.91. The van der Waals surface area contributed by atoms with Crippen LogP contribution in [0.25, 0.3) is 17.1 Å². The maximum atomic E-state index is 12.8. The van der Waals surface area contributed by atoms with Crippen LogP contribution in [0, 0.1) is 0 Å². The summed E-state index contributed by atoms with van der Waals surface area (Å²) < 4.78 is 32.1. The van der Waals surface area contributed by atoms with E-state index < -0.39 is 10.0 Å². The van der Waals surface area contributed by atoms with Crippen molar-refractivity contribution in [2.45, 2.75) is 6.42 Å². The van der Waals surface area contributed by atoms with Gasteiger partial charge in [0.2, 0.25) is 10.0 Å². The van der Waals surface area contributed by atoms with Crippen molar-refractivity contribution in [1.29, 1.82) is 0 Å². The Morgan fingerprint density at radius 3 is 2.68 bits per heavy atom. The van der Waals surface area contributed by atoms with Crippen LogP contribution >= 0.6 is 0 Å². The number of hydrogen-bond acceptors (Lipinski definition) is 5. The molecule has 1 saturated heterocycles. The van der Waals surface area contributed by atoms with Gasteiger partial charge < -0.3 is 9.73 Å². The van der Waals surface area contributed by atoms with Gasteiger partial charge in [0.05, 0.1) is 17.7 Å². The first-order chi connectivity index (χ1) is 13.5. The van der Waals surface area contributed by atoms with Crippen molar-refractivity contribution in [3.63, 3.8) is 0 Å². The topological polar surface area (TPSA) is 97.4 Å². The highest BCUT2D eigenvalue weighted by atomic mass is 32.2. The zero-order chi connectivity index (χ0) is 19.6. The number of rotatable bonds is 6. The van der Waals surface area contributed by atoms with Crippen LogP contribution < -0.4 is 5.32 Å². The van der Waals surface area contributed by atoms with Crippen LogP contribution in [0.3, 0.4) is 0 Å². The van der Waals surface area contributed by atoms with Gasteiger partial charge in [-0.15, -0.1) is 0 Å². The molecule has 146 valence electrons. The predicted octanol–water partition coefficient (Wildman–Crippen LogP) is 1.90. The second kappa shape index (κ2) is 7.61. The largest absolute Gasteiger partial charge is 0.463 e. The summed E-state index contributed by atoms with van der Waals surface area (Å²) in [5.41, 5.74) is 1.63. The molecule has 2 aromatic heterocycles. The number of carbonyl (C=O) groups is 1. The van der Waals surface area contributed by atoms with Crippen LogP contribution in [0.1, 0.15) is 16.9 Å². The number of amides is 1. The zero-order valence-electron chi connectivity index (χ0n) is 15.1. The minimum Gasteiger partial charge on any atom is -0.463 e. The van der Waals surface area contributed by atoms with Crippen molar-refractivity contribution < 1.29 is 17.6 Å². The molecule has 0 bridgehead atoms. The van der Waals surface area contributed by atoms with Gasteiger partial charge in [-0.1, -0.05) is 18.2 Å². The van der Waals surface area contributed by atoms with Gasteiger partial charge in [-0.2, -0.15) is 5.10 Å². The second-order valence-electron chi connectivity index (χ2n) is 6.46. The molecule has 0 radical (unpaired) electrons. The van der Waals surface area contributed by atoms with Crippen LogP contribution in [0.15, 0.2) is 59.2 Å². The van der Waals surface area contributed by atoms with Crippen molar-refractivity contribution in [3.05, 3.63) is 60.5 Å². The number of nitrogens with zero attached hydrogens (tertiary/aromatic N) is 3. The molecule has 0 saturated carbocycles. The fourth-order valence-corrected chi connectivity index (χ4v) is 4.71. The molecule has 0 spiro atoms. The summed E-state index contributed by atoms with van der Waals surface area (Å²) in [6.07, 6.45) is 2.18. The van der Waals surface area contributed by atoms with Gasteiger partial charge in [0.1, 0.15) is 11.4 Å². The average molecular weight is 400 g/mol. The molecule has 0 aliphatic carbocycles. The molecule has 9 heteroatoms. The lowest BCUT2D eigenvalue weighted by molar-refractivity contribution is 0.0944.